The molecule has 0 radical (unpaired) electrons. The van der Waals surface area contributed by atoms with Gasteiger partial charge in [-0.15, -0.1) is 0 Å². The molecule has 4 heteroatoms. The third kappa shape index (κ3) is 2.17. The first kappa shape index (κ1) is 17.0. The number of H-pyrrole nitrogens is 1. The van der Waals surface area contributed by atoms with Gasteiger partial charge in [-0.25, -0.2) is 4.98 Å². The average Bonchev–Trinajstić information content (AvgIpc) is 3.33. The number of pyridine rings is 2. The lowest BCUT2D eigenvalue weighted by Crippen LogP contribution is -1.88. The van der Waals surface area contributed by atoms with Gasteiger partial charge in [0.05, 0.1) is 22.1 Å². The number of nitrogens with zero attached hydrogens (tertiary/aromatic N) is 3. The van der Waals surface area contributed by atoms with Crippen LogP contribution in [0.25, 0.3) is 76.5 Å². The van der Waals surface area contributed by atoms with E-state index in [1.165, 1.54) is 32.3 Å². The number of hydrogen-bond donors (Lipinski definition) is 1. The zero-order valence-corrected chi connectivity index (χ0v) is 17.5. The first-order valence-electron chi connectivity index (χ1n) is 11.0. The van der Waals surface area contributed by atoms with Crippen molar-refractivity contribution in [1.29, 1.82) is 0 Å². The van der Waals surface area contributed by atoms with E-state index in [1.54, 1.807) is 0 Å². The maximum Gasteiger partial charge on any atom is 0.139 e. The van der Waals surface area contributed by atoms with Gasteiger partial charge < -0.3 is 4.98 Å². The Kier molecular flexibility index (Phi) is 3.11. The van der Waals surface area contributed by atoms with Gasteiger partial charge in [0, 0.05) is 28.7 Å². The molecule has 8 rings (SSSR count). The minimum Gasteiger partial charge on any atom is -0.337 e. The van der Waals surface area contributed by atoms with Crippen LogP contribution in [-0.2, 0) is 0 Å². The average molecular weight is 420 g/mol. The van der Waals surface area contributed by atoms with Crippen LogP contribution in [0.4, 0.5) is 0 Å². The third-order valence-electron chi connectivity index (χ3n) is 6.85. The molecule has 0 aliphatic heterocycles. The summed E-state index contributed by atoms with van der Waals surface area (Å²) in [5, 5.41) is 9.65. The van der Waals surface area contributed by atoms with Gasteiger partial charge in [0.2, 0.25) is 0 Å². The van der Waals surface area contributed by atoms with Crippen molar-refractivity contribution >= 4 is 65.2 Å². The molecule has 0 unspecified atom stereocenters. The second-order valence-electron chi connectivity index (χ2n) is 8.58. The summed E-state index contributed by atoms with van der Waals surface area (Å²) in [6, 6.07) is 27.8. The molecule has 5 aromatic carbocycles. The van der Waals surface area contributed by atoms with Crippen LogP contribution in [0, 0.1) is 0 Å². The SMILES string of the molecule is c1cc2ccc3ccc(-c4nc5c6cccnc6c6ncccc6c5[nH]4)c4ccc(c1)c2c34. The predicted molar refractivity (Wildman–Crippen MR) is 136 cm³/mol. The monoisotopic (exact) mass is 420 g/mol. The van der Waals surface area contributed by atoms with Crippen molar-refractivity contribution in [2.45, 2.75) is 0 Å². The summed E-state index contributed by atoms with van der Waals surface area (Å²) >= 11 is 0. The molecule has 3 aromatic heterocycles. The lowest BCUT2D eigenvalue weighted by molar-refractivity contribution is 1.35. The first-order chi connectivity index (χ1) is 16.4. The molecular formula is C29H16N4. The highest BCUT2D eigenvalue weighted by Gasteiger charge is 2.17. The molecule has 0 spiro atoms. The summed E-state index contributed by atoms with van der Waals surface area (Å²) in [4.78, 5) is 18.0. The van der Waals surface area contributed by atoms with Crippen LogP contribution in [-0.4, -0.2) is 19.9 Å². The maximum atomic E-state index is 5.12. The van der Waals surface area contributed by atoms with Crippen molar-refractivity contribution < 1.29 is 0 Å². The van der Waals surface area contributed by atoms with Crippen molar-refractivity contribution in [2.75, 3.05) is 0 Å². The Balaban J connectivity index is 1.53. The maximum absolute atomic E-state index is 5.12. The summed E-state index contributed by atoms with van der Waals surface area (Å²) in [7, 11) is 0. The van der Waals surface area contributed by atoms with Crippen molar-refractivity contribution in [3.05, 3.63) is 91.3 Å². The molecule has 33 heavy (non-hydrogen) atoms. The molecule has 152 valence electrons. The lowest BCUT2D eigenvalue weighted by atomic mass is 9.92. The second kappa shape index (κ2) is 6.02. The van der Waals surface area contributed by atoms with E-state index in [0.717, 1.165) is 44.2 Å². The largest absolute Gasteiger partial charge is 0.337 e. The van der Waals surface area contributed by atoms with Gasteiger partial charge in [-0.3, -0.25) is 9.97 Å². The number of aromatic amines is 1. The summed E-state index contributed by atoms with van der Waals surface area (Å²) in [6.07, 6.45) is 3.64. The summed E-state index contributed by atoms with van der Waals surface area (Å²) in [5.74, 6) is 0.865. The molecule has 0 bridgehead atoms. The Morgan fingerprint density at radius 3 is 2.00 bits per heavy atom. The van der Waals surface area contributed by atoms with Crippen LogP contribution in [0.15, 0.2) is 91.3 Å². The predicted octanol–water partition coefficient (Wildman–Crippen LogP) is 7.22. The van der Waals surface area contributed by atoms with Crippen LogP contribution in [0.3, 0.4) is 0 Å². The second-order valence-corrected chi connectivity index (χ2v) is 8.58. The number of aromatic nitrogens is 4. The standard InChI is InChI=1S/C29H16N4/c1-4-16-8-9-18-11-13-20(19-12-10-17(5-1)23(16)24(18)19)29-32-27-21-6-2-14-30-25(21)26-22(28(27)33-29)7-3-15-31-26/h1-15H,(H,32,33). The van der Waals surface area contributed by atoms with Crippen LogP contribution < -0.4 is 0 Å². The van der Waals surface area contributed by atoms with E-state index in [1.807, 2.05) is 24.5 Å². The topological polar surface area (TPSA) is 54.5 Å². The van der Waals surface area contributed by atoms with Crippen LogP contribution >= 0.6 is 0 Å². The Bertz CT molecular complexity index is 1950. The van der Waals surface area contributed by atoms with Gasteiger partial charge in [0.1, 0.15) is 5.82 Å². The van der Waals surface area contributed by atoms with Crippen molar-refractivity contribution in [3.8, 4) is 11.4 Å². The van der Waals surface area contributed by atoms with Gasteiger partial charge in [0.15, 0.2) is 0 Å². The number of hydrogen-bond acceptors (Lipinski definition) is 3. The molecule has 0 atom stereocenters. The van der Waals surface area contributed by atoms with E-state index in [-0.39, 0.29) is 0 Å². The number of nitrogens with one attached hydrogen (secondary N) is 1. The van der Waals surface area contributed by atoms with E-state index >= 15 is 0 Å². The van der Waals surface area contributed by atoms with E-state index < -0.39 is 0 Å². The summed E-state index contributed by atoms with van der Waals surface area (Å²) in [6.45, 7) is 0. The first-order valence-corrected chi connectivity index (χ1v) is 11.0. The smallest absolute Gasteiger partial charge is 0.139 e. The highest BCUT2D eigenvalue weighted by Crippen LogP contribution is 2.40. The molecule has 0 amide bonds. The van der Waals surface area contributed by atoms with Crippen molar-refractivity contribution in [1.82, 2.24) is 19.9 Å². The van der Waals surface area contributed by atoms with Crippen molar-refractivity contribution in [3.63, 3.8) is 0 Å². The molecule has 3 heterocycles. The van der Waals surface area contributed by atoms with Gasteiger partial charge in [-0.1, -0.05) is 54.6 Å². The van der Waals surface area contributed by atoms with E-state index in [4.69, 9.17) is 4.98 Å². The quantitative estimate of drug-likeness (QED) is 0.285. The van der Waals surface area contributed by atoms with E-state index in [9.17, 15) is 0 Å². The Morgan fingerprint density at radius 2 is 1.18 bits per heavy atom. The highest BCUT2D eigenvalue weighted by molar-refractivity contribution is 6.26. The molecule has 0 saturated heterocycles. The van der Waals surface area contributed by atoms with Gasteiger partial charge >= 0.3 is 0 Å². The lowest BCUT2D eigenvalue weighted by Gasteiger charge is -2.12. The minimum absolute atomic E-state index is 0.865. The van der Waals surface area contributed by atoms with Gasteiger partial charge in [-0.2, -0.15) is 0 Å². The summed E-state index contributed by atoms with van der Waals surface area (Å²) in [5.41, 5.74) is 4.81. The fourth-order valence-corrected chi connectivity index (χ4v) is 5.41. The van der Waals surface area contributed by atoms with Crippen LogP contribution in [0.2, 0.25) is 0 Å². The van der Waals surface area contributed by atoms with Gasteiger partial charge in [0.25, 0.3) is 0 Å². The highest BCUT2D eigenvalue weighted by atomic mass is 14.9. The fraction of sp³-hybridized carbons (Fsp3) is 0. The number of benzene rings is 5. The molecule has 0 saturated carbocycles. The zero-order valence-electron chi connectivity index (χ0n) is 17.5. The third-order valence-corrected chi connectivity index (χ3v) is 6.85. The summed E-state index contributed by atoms with van der Waals surface area (Å²) < 4.78 is 0. The van der Waals surface area contributed by atoms with E-state index in [0.29, 0.717) is 0 Å². The number of fused-ring (bicyclic) bond motifs is 6. The normalized spacial score (nSPS) is 12.2. The van der Waals surface area contributed by atoms with Gasteiger partial charge in [-0.05, 0) is 56.6 Å². The Labute approximate surface area is 187 Å². The molecular weight excluding hydrogens is 404 g/mol. The minimum atomic E-state index is 0.865. The molecule has 4 nitrogen and oxygen atoms in total. The van der Waals surface area contributed by atoms with E-state index in [2.05, 4.69) is 81.7 Å². The van der Waals surface area contributed by atoms with Crippen LogP contribution in [0.1, 0.15) is 0 Å². The number of rotatable bonds is 1. The Hall–Kier alpha value is -4.57. The molecule has 0 aliphatic rings. The van der Waals surface area contributed by atoms with Crippen LogP contribution in [0.5, 0.6) is 0 Å². The Morgan fingerprint density at radius 1 is 0.515 bits per heavy atom. The van der Waals surface area contributed by atoms with Crippen molar-refractivity contribution in [2.24, 2.45) is 0 Å². The molecule has 0 fully saturated rings. The molecule has 1 N–H and O–H groups in total. The molecule has 8 aromatic rings. The molecule has 0 aliphatic carbocycles. The number of imidazole rings is 1. The zero-order chi connectivity index (χ0) is 21.5. The fourth-order valence-electron chi connectivity index (χ4n) is 5.41.